The minimum Gasteiger partial charge on any atom is -0.314 e. The molecule has 0 aromatic rings. The summed E-state index contributed by atoms with van der Waals surface area (Å²) in [5, 5.41) is 3.49. The molecule has 1 nitrogen and oxygen atoms in total. The van der Waals surface area contributed by atoms with Crippen LogP contribution in [0.25, 0.3) is 0 Å². The molecule has 0 aromatic heterocycles. The molecule has 1 N–H and O–H groups in total. The summed E-state index contributed by atoms with van der Waals surface area (Å²) in [6, 6.07) is 0.425. The number of nitrogens with one attached hydrogen (secondary N) is 1. The third-order valence-electron chi connectivity index (χ3n) is 4.18. The largest absolute Gasteiger partial charge is 0.314 e. The first kappa shape index (κ1) is 14.9. The van der Waals surface area contributed by atoms with Crippen LogP contribution >= 0.6 is 0 Å². The van der Waals surface area contributed by atoms with Crippen molar-refractivity contribution in [3.05, 3.63) is 0 Å². The number of alkyl halides is 2. The van der Waals surface area contributed by atoms with E-state index in [1.165, 1.54) is 0 Å². The second-order valence-corrected chi connectivity index (χ2v) is 5.44. The summed E-state index contributed by atoms with van der Waals surface area (Å²) < 4.78 is 26.4. The molecule has 2 atom stereocenters. The average molecular weight is 247 g/mol. The van der Waals surface area contributed by atoms with E-state index in [4.69, 9.17) is 0 Å². The zero-order chi connectivity index (χ0) is 12.9. The molecule has 0 radical (unpaired) electrons. The zero-order valence-electron chi connectivity index (χ0n) is 11.4. The molecule has 1 aliphatic carbocycles. The summed E-state index contributed by atoms with van der Waals surface area (Å²) in [6.07, 6.45) is 4.11. The molecule has 17 heavy (non-hydrogen) atoms. The molecule has 1 aliphatic rings. The fourth-order valence-electron chi connectivity index (χ4n) is 3.16. The predicted molar refractivity (Wildman–Crippen MR) is 68.4 cm³/mol. The van der Waals surface area contributed by atoms with Crippen LogP contribution in [0.4, 0.5) is 8.78 Å². The van der Waals surface area contributed by atoms with Crippen molar-refractivity contribution in [3.8, 4) is 0 Å². The summed E-state index contributed by atoms with van der Waals surface area (Å²) in [7, 11) is 0. The standard InChI is InChI=1S/C14H27F2N/c1-4-12(5-2)13(17-6-3)9-11-7-8-14(15,16)10-11/h11-13,17H,4-10H2,1-3H3. The maximum Gasteiger partial charge on any atom is 0.248 e. The summed E-state index contributed by atoms with van der Waals surface area (Å²) >= 11 is 0. The van der Waals surface area contributed by atoms with Crippen molar-refractivity contribution in [3.63, 3.8) is 0 Å². The lowest BCUT2D eigenvalue weighted by Crippen LogP contribution is -2.37. The van der Waals surface area contributed by atoms with E-state index >= 15 is 0 Å². The van der Waals surface area contributed by atoms with Crippen LogP contribution < -0.4 is 5.32 Å². The fourth-order valence-corrected chi connectivity index (χ4v) is 3.16. The van der Waals surface area contributed by atoms with Crippen molar-refractivity contribution in [2.45, 2.75) is 71.3 Å². The molecule has 0 aliphatic heterocycles. The Kier molecular flexibility index (Phi) is 5.84. The van der Waals surface area contributed by atoms with E-state index in [-0.39, 0.29) is 18.8 Å². The number of hydrogen-bond acceptors (Lipinski definition) is 1. The number of halogens is 2. The van der Waals surface area contributed by atoms with E-state index in [0.29, 0.717) is 18.4 Å². The third-order valence-corrected chi connectivity index (χ3v) is 4.18. The fraction of sp³-hybridized carbons (Fsp3) is 1.00. The number of rotatable bonds is 7. The second kappa shape index (κ2) is 6.67. The van der Waals surface area contributed by atoms with Gasteiger partial charge in [0.2, 0.25) is 5.92 Å². The van der Waals surface area contributed by atoms with Crippen LogP contribution in [0.5, 0.6) is 0 Å². The van der Waals surface area contributed by atoms with Gasteiger partial charge in [-0.3, -0.25) is 0 Å². The monoisotopic (exact) mass is 247 g/mol. The first-order valence-corrected chi connectivity index (χ1v) is 7.13. The molecule has 1 fully saturated rings. The molecule has 1 saturated carbocycles. The summed E-state index contributed by atoms with van der Waals surface area (Å²) in [5.41, 5.74) is 0. The summed E-state index contributed by atoms with van der Waals surface area (Å²) in [5.74, 6) is -1.55. The van der Waals surface area contributed by atoms with Gasteiger partial charge >= 0.3 is 0 Å². The van der Waals surface area contributed by atoms with Crippen molar-refractivity contribution in [2.24, 2.45) is 11.8 Å². The molecule has 1 rings (SSSR count). The highest BCUT2D eigenvalue weighted by Crippen LogP contribution is 2.41. The van der Waals surface area contributed by atoms with E-state index in [1.54, 1.807) is 0 Å². The van der Waals surface area contributed by atoms with Gasteiger partial charge in [-0.15, -0.1) is 0 Å². The molecule has 0 heterocycles. The molecular weight excluding hydrogens is 220 g/mol. The maximum absolute atomic E-state index is 13.2. The lowest BCUT2D eigenvalue weighted by Gasteiger charge is -2.28. The van der Waals surface area contributed by atoms with Crippen molar-refractivity contribution < 1.29 is 8.78 Å². The number of hydrogen-bond donors (Lipinski definition) is 1. The quantitative estimate of drug-likeness (QED) is 0.710. The van der Waals surface area contributed by atoms with Crippen molar-refractivity contribution in [2.75, 3.05) is 6.54 Å². The topological polar surface area (TPSA) is 12.0 Å². The van der Waals surface area contributed by atoms with Crippen molar-refractivity contribution in [1.82, 2.24) is 5.32 Å². The van der Waals surface area contributed by atoms with E-state index in [9.17, 15) is 8.78 Å². The van der Waals surface area contributed by atoms with E-state index in [1.807, 2.05) is 0 Å². The molecule has 0 amide bonds. The van der Waals surface area contributed by atoms with E-state index in [2.05, 4.69) is 26.1 Å². The first-order chi connectivity index (χ1) is 8.02. The van der Waals surface area contributed by atoms with Gasteiger partial charge in [-0.2, -0.15) is 0 Å². The lowest BCUT2D eigenvalue weighted by atomic mass is 9.86. The summed E-state index contributed by atoms with van der Waals surface area (Å²) in [4.78, 5) is 0. The maximum atomic E-state index is 13.2. The average Bonchev–Trinajstić information content (AvgIpc) is 2.60. The highest BCUT2D eigenvalue weighted by atomic mass is 19.3. The van der Waals surface area contributed by atoms with Crippen LogP contribution in [0.3, 0.4) is 0 Å². The molecule has 0 aromatic carbocycles. The Morgan fingerprint density at radius 2 is 1.88 bits per heavy atom. The highest BCUT2D eigenvalue weighted by molar-refractivity contribution is 4.86. The zero-order valence-corrected chi connectivity index (χ0v) is 11.4. The van der Waals surface area contributed by atoms with Crippen molar-refractivity contribution >= 4 is 0 Å². The van der Waals surface area contributed by atoms with Crippen LogP contribution in [0, 0.1) is 11.8 Å². The van der Waals surface area contributed by atoms with Crippen LogP contribution in [-0.2, 0) is 0 Å². The molecule has 0 bridgehead atoms. The van der Waals surface area contributed by atoms with Crippen LogP contribution in [0.15, 0.2) is 0 Å². The molecule has 0 spiro atoms. The van der Waals surface area contributed by atoms with E-state index < -0.39 is 5.92 Å². The second-order valence-electron chi connectivity index (χ2n) is 5.44. The molecule has 102 valence electrons. The Bertz CT molecular complexity index is 214. The first-order valence-electron chi connectivity index (χ1n) is 7.13. The van der Waals surface area contributed by atoms with E-state index in [0.717, 1.165) is 25.8 Å². The van der Waals surface area contributed by atoms with Gasteiger partial charge in [-0.25, -0.2) is 8.78 Å². The Balaban J connectivity index is 2.49. The molecule has 0 saturated heterocycles. The van der Waals surface area contributed by atoms with Gasteiger partial charge in [0.15, 0.2) is 0 Å². The normalized spacial score (nSPS) is 25.4. The Hall–Kier alpha value is -0.180. The SMILES string of the molecule is CCNC(CC1CCC(F)(F)C1)C(CC)CC. The third kappa shape index (κ3) is 4.53. The van der Waals surface area contributed by atoms with Gasteiger partial charge in [-0.05, 0) is 31.2 Å². The lowest BCUT2D eigenvalue weighted by molar-refractivity contribution is 0.00400. The van der Waals surface area contributed by atoms with Crippen LogP contribution in [-0.4, -0.2) is 18.5 Å². The summed E-state index contributed by atoms with van der Waals surface area (Å²) in [6.45, 7) is 7.42. The predicted octanol–water partition coefficient (Wildman–Crippen LogP) is 4.23. The van der Waals surface area contributed by atoms with Crippen LogP contribution in [0.2, 0.25) is 0 Å². The molecule has 2 unspecified atom stereocenters. The van der Waals surface area contributed by atoms with Crippen LogP contribution in [0.1, 0.15) is 59.3 Å². The smallest absolute Gasteiger partial charge is 0.248 e. The minimum atomic E-state index is -2.39. The van der Waals surface area contributed by atoms with Gasteiger partial charge in [0.25, 0.3) is 0 Å². The molecule has 3 heteroatoms. The highest BCUT2D eigenvalue weighted by Gasteiger charge is 2.40. The van der Waals surface area contributed by atoms with Crippen molar-refractivity contribution in [1.29, 1.82) is 0 Å². The Morgan fingerprint density at radius 3 is 2.29 bits per heavy atom. The van der Waals surface area contributed by atoms with Gasteiger partial charge < -0.3 is 5.32 Å². The van der Waals surface area contributed by atoms with Gasteiger partial charge in [0, 0.05) is 18.9 Å². The Morgan fingerprint density at radius 1 is 1.24 bits per heavy atom. The Labute approximate surface area is 104 Å². The molecular formula is C14H27F2N. The minimum absolute atomic E-state index is 0.0967. The van der Waals surface area contributed by atoms with Gasteiger partial charge in [-0.1, -0.05) is 33.6 Å². The van der Waals surface area contributed by atoms with Gasteiger partial charge in [0.05, 0.1) is 0 Å². The van der Waals surface area contributed by atoms with Gasteiger partial charge in [0.1, 0.15) is 0 Å².